The maximum absolute atomic E-state index is 12.1. The largest absolute Gasteiger partial charge is 0.355 e. The second-order valence-corrected chi connectivity index (χ2v) is 4.75. The first-order valence-electron chi connectivity index (χ1n) is 6.89. The van der Waals surface area contributed by atoms with Crippen molar-refractivity contribution in [3.8, 4) is 0 Å². The highest BCUT2D eigenvalue weighted by Crippen LogP contribution is 2.07. The van der Waals surface area contributed by atoms with Crippen LogP contribution < -0.4 is 11.1 Å². The fraction of sp³-hybridized carbons (Fsp3) is 0.467. The molecule has 0 saturated carbocycles. The normalized spacial score (nSPS) is 10.2. The molecule has 110 valence electrons. The fourth-order valence-electron chi connectivity index (χ4n) is 1.81. The molecule has 0 aromatic heterocycles. The second-order valence-electron chi connectivity index (χ2n) is 4.75. The van der Waals surface area contributed by atoms with Gasteiger partial charge < -0.3 is 16.0 Å². The van der Waals surface area contributed by atoms with Gasteiger partial charge in [-0.3, -0.25) is 9.59 Å². The van der Waals surface area contributed by atoms with Gasteiger partial charge in [-0.1, -0.05) is 19.1 Å². The zero-order chi connectivity index (χ0) is 15.0. The number of amides is 2. The molecule has 0 saturated heterocycles. The molecule has 0 bridgehead atoms. The highest BCUT2D eigenvalue weighted by Gasteiger charge is 2.14. The van der Waals surface area contributed by atoms with Crippen LogP contribution in [0.15, 0.2) is 24.3 Å². The van der Waals surface area contributed by atoms with Gasteiger partial charge in [0.2, 0.25) is 5.91 Å². The first kappa shape index (κ1) is 16.2. The molecule has 5 nitrogen and oxygen atoms in total. The molecule has 0 radical (unpaired) electrons. The number of benzene rings is 1. The molecule has 1 aromatic rings. The number of hydrogen-bond donors (Lipinski definition) is 2. The van der Waals surface area contributed by atoms with Crippen molar-refractivity contribution in [1.82, 2.24) is 10.2 Å². The molecule has 0 unspecified atom stereocenters. The lowest BCUT2D eigenvalue weighted by molar-refractivity contribution is -0.121. The molecule has 2 amide bonds. The van der Waals surface area contributed by atoms with Gasteiger partial charge in [0.15, 0.2) is 0 Å². The first-order valence-corrected chi connectivity index (χ1v) is 6.89. The van der Waals surface area contributed by atoms with Gasteiger partial charge in [-0.05, 0) is 37.1 Å². The van der Waals surface area contributed by atoms with Gasteiger partial charge in [0.1, 0.15) is 0 Å². The Labute approximate surface area is 120 Å². The van der Waals surface area contributed by atoms with E-state index in [1.54, 1.807) is 19.2 Å². The van der Waals surface area contributed by atoms with Crippen molar-refractivity contribution in [3.05, 3.63) is 35.4 Å². The van der Waals surface area contributed by atoms with Crippen molar-refractivity contribution in [2.24, 2.45) is 5.73 Å². The lowest BCUT2D eigenvalue weighted by Gasteiger charge is -2.17. The predicted octanol–water partition coefficient (Wildman–Crippen LogP) is 0.786. The van der Waals surface area contributed by atoms with Gasteiger partial charge >= 0.3 is 0 Å². The smallest absolute Gasteiger partial charge is 0.254 e. The van der Waals surface area contributed by atoms with E-state index >= 15 is 0 Å². The molecule has 0 aliphatic rings. The van der Waals surface area contributed by atoms with Crippen molar-refractivity contribution < 1.29 is 9.59 Å². The Bertz CT molecular complexity index is 443. The summed E-state index contributed by atoms with van der Waals surface area (Å²) in [5, 5.41) is 2.75. The standard InChI is InChI=1S/C15H23N3O2/c1-3-10-17-14(19)11-18(2)15(20)13-6-4-12(5-7-13)8-9-16/h4-7H,3,8-11,16H2,1-2H3,(H,17,19). The van der Waals surface area contributed by atoms with E-state index in [9.17, 15) is 9.59 Å². The molecular formula is C15H23N3O2. The van der Waals surface area contributed by atoms with Crippen LogP contribution in [0.1, 0.15) is 29.3 Å². The van der Waals surface area contributed by atoms with Crippen LogP contribution in [-0.2, 0) is 11.2 Å². The summed E-state index contributed by atoms with van der Waals surface area (Å²) in [5.74, 6) is -0.293. The summed E-state index contributed by atoms with van der Waals surface area (Å²) in [6.07, 6.45) is 1.68. The molecule has 0 heterocycles. The highest BCUT2D eigenvalue weighted by molar-refractivity contribution is 5.96. The van der Waals surface area contributed by atoms with Gasteiger partial charge in [-0.25, -0.2) is 0 Å². The summed E-state index contributed by atoms with van der Waals surface area (Å²) in [5.41, 5.74) is 7.17. The number of nitrogens with two attached hydrogens (primary N) is 1. The summed E-state index contributed by atoms with van der Waals surface area (Å²) in [6, 6.07) is 7.33. The third kappa shape index (κ3) is 5.01. The third-order valence-corrected chi connectivity index (χ3v) is 2.93. The molecule has 0 fully saturated rings. The van der Waals surface area contributed by atoms with E-state index < -0.39 is 0 Å². The van der Waals surface area contributed by atoms with Gasteiger partial charge in [-0.15, -0.1) is 0 Å². The minimum atomic E-state index is -0.157. The molecule has 0 aliphatic carbocycles. The van der Waals surface area contributed by atoms with Crippen LogP contribution in [0.2, 0.25) is 0 Å². The van der Waals surface area contributed by atoms with Crippen molar-refractivity contribution in [2.45, 2.75) is 19.8 Å². The molecule has 1 rings (SSSR count). The lowest BCUT2D eigenvalue weighted by atomic mass is 10.1. The van der Waals surface area contributed by atoms with E-state index in [-0.39, 0.29) is 18.4 Å². The van der Waals surface area contributed by atoms with Crippen LogP contribution >= 0.6 is 0 Å². The zero-order valence-electron chi connectivity index (χ0n) is 12.2. The quantitative estimate of drug-likeness (QED) is 0.773. The maximum Gasteiger partial charge on any atom is 0.254 e. The van der Waals surface area contributed by atoms with Crippen LogP contribution in [0.3, 0.4) is 0 Å². The number of rotatable bonds is 7. The number of likely N-dealkylation sites (N-methyl/N-ethyl adjacent to an activating group) is 1. The van der Waals surface area contributed by atoms with Crippen LogP contribution in [0.25, 0.3) is 0 Å². The Morgan fingerprint density at radius 2 is 1.90 bits per heavy atom. The summed E-state index contributed by atoms with van der Waals surface area (Å²) in [7, 11) is 1.63. The molecular weight excluding hydrogens is 254 g/mol. The van der Waals surface area contributed by atoms with Crippen LogP contribution in [0, 0.1) is 0 Å². The van der Waals surface area contributed by atoms with E-state index in [1.165, 1.54) is 4.90 Å². The third-order valence-electron chi connectivity index (χ3n) is 2.93. The molecule has 0 spiro atoms. The molecule has 1 aromatic carbocycles. The van der Waals surface area contributed by atoms with Gasteiger partial charge in [0.05, 0.1) is 6.54 Å². The van der Waals surface area contributed by atoms with E-state index in [4.69, 9.17) is 5.73 Å². The average molecular weight is 277 g/mol. The summed E-state index contributed by atoms with van der Waals surface area (Å²) in [4.78, 5) is 25.1. The van der Waals surface area contributed by atoms with E-state index in [1.807, 2.05) is 19.1 Å². The Hall–Kier alpha value is -1.88. The number of carbonyl (C=O) groups excluding carboxylic acids is 2. The van der Waals surface area contributed by atoms with E-state index in [0.29, 0.717) is 18.7 Å². The predicted molar refractivity (Wildman–Crippen MR) is 79.5 cm³/mol. The molecule has 0 aliphatic heterocycles. The number of nitrogens with zero attached hydrogens (tertiary/aromatic N) is 1. The average Bonchev–Trinajstić information content (AvgIpc) is 2.45. The minimum Gasteiger partial charge on any atom is -0.355 e. The van der Waals surface area contributed by atoms with Gasteiger partial charge in [0, 0.05) is 19.2 Å². The summed E-state index contributed by atoms with van der Waals surface area (Å²) in [6.45, 7) is 3.28. The number of nitrogens with one attached hydrogen (secondary N) is 1. The van der Waals surface area contributed by atoms with Crippen molar-refractivity contribution in [3.63, 3.8) is 0 Å². The molecule has 5 heteroatoms. The monoisotopic (exact) mass is 277 g/mol. The van der Waals surface area contributed by atoms with Gasteiger partial charge in [0.25, 0.3) is 5.91 Å². The Morgan fingerprint density at radius 3 is 2.45 bits per heavy atom. The van der Waals surface area contributed by atoms with E-state index in [0.717, 1.165) is 18.4 Å². The molecule has 0 atom stereocenters. The van der Waals surface area contributed by atoms with Crippen LogP contribution in [0.5, 0.6) is 0 Å². The Kier molecular flexibility index (Phi) is 6.73. The molecule has 3 N–H and O–H groups in total. The Balaban J connectivity index is 2.57. The topological polar surface area (TPSA) is 75.4 Å². The minimum absolute atomic E-state index is 0.0728. The second kappa shape index (κ2) is 8.32. The SMILES string of the molecule is CCCNC(=O)CN(C)C(=O)c1ccc(CCN)cc1. The van der Waals surface area contributed by atoms with Crippen LogP contribution in [-0.4, -0.2) is 43.4 Å². The molecule has 20 heavy (non-hydrogen) atoms. The van der Waals surface area contributed by atoms with Crippen LogP contribution in [0.4, 0.5) is 0 Å². The Morgan fingerprint density at radius 1 is 1.25 bits per heavy atom. The highest BCUT2D eigenvalue weighted by atomic mass is 16.2. The maximum atomic E-state index is 12.1. The van der Waals surface area contributed by atoms with Crippen molar-refractivity contribution >= 4 is 11.8 Å². The van der Waals surface area contributed by atoms with E-state index in [2.05, 4.69) is 5.32 Å². The summed E-state index contributed by atoms with van der Waals surface area (Å²) < 4.78 is 0. The van der Waals surface area contributed by atoms with Crippen molar-refractivity contribution in [1.29, 1.82) is 0 Å². The van der Waals surface area contributed by atoms with Gasteiger partial charge in [-0.2, -0.15) is 0 Å². The zero-order valence-corrected chi connectivity index (χ0v) is 12.2. The summed E-state index contributed by atoms with van der Waals surface area (Å²) >= 11 is 0. The number of hydrogen-bond acceptors (Lipinski definition) is 3. The first-order chi connectivity index (χ1) is 9.58. The number of carbonyl (C=O) groups is 2. The lowest BCUT2D eigenvalue weighted by Crippen LogP contribution is -2.38. The van der Waals surface area contributed by atoms with Crippen molar-refractivity contribution in [2.75, 3.05) is 26.7 Å². The fourth-order valence-corrected chi connectivity index (χ4v) is 1.81.